The van der Waals surface area contributed by atoms with Gasteiger partial charge in [-0.2, -0.15) is 5.10 Å². The second kappa shape index (κ2) is 4.71. The molecule has 1 aromatic heterocycles. The molecule has 0 fully saturated rings. The van der Waals surface area contributed by atoms with Crippen molar-refractivity contribution in [3.63, 3.8) is 0 Å². The number of nitrogens with zero attached hydrogens (tertiary/aromatic N) is 3. The lowest BCUT2D eigenvalue weighted by Gasteiger charge is -2.28. The zero-order valence-corrected chi connectivity index (χ0v) is 11.0. The Morgan fingerprint density at radius 1 is 1.44 bits per heavy atom. The van der Waals surface area contributed by atoms with Crippen molar-refractivity contribution in [1.82, 2.24) is 14.7 Å². The van der Waals surface area contributed by atoms with Crippen molar-refractivity contribution in [2.75, 3.05) is 26.7 Å². The Kier molecular flexibility index (Phi) is 3.06. The van der Waals surface area contributed by atoms with Crippen molar-refractivity contribution in [3.05, 3.63) is 30.0 Å². The van der Waals surface area contributed by atoms with Crippen LogP contribution in [0.15, 0.2) is 24.3 Å². The van der Waals surface area contributed by atoms with E-state index >= 15 is 0 Å². The highest BCUT2D eigenvalue weighted by molar-refractivity contribution is 5.82. The van der Waals surface area contributed by atoms with Gasteiger partial charge in [-0.15, -0.1) is 0 Å². The molecule has 1 aliphatic rings. The predicted molar refractivity (Wildman–Crippen MR) is 71.6 cm³/mol. The van der Waals surface area contributed by atoms with Crippen molar-refractivity contribution in [3.8, 4) is 0 Å². The molecule has 1 aromatic carbocycles. The molecule has 0 saturated heterocycles. The van der Waals surface area contributed by atoms with Crippen molar-refractivity contribution < 1.29 is 4.74 Å². The summed E-state index contributed by atoms with van der Waals surface area (Å²) in [6.45, 7) is 5.73. The number of fused-ring (bicyclic) bond motifs is 3. The Bertz CT molecular complexity index is 549. The van der Waals surface area contributed by atoms with Crippen LogP contribution in [-0.2, 0) is 11.3 Å². The zero-order valence-electron chi connectivity index (χ0n) is 11.0. The van der Waals surface area contributed by atoms with Crippen LogP contribution in [0.2, 0.25) is 0 Å². The molecule has 2 heterocycles. The Hall–Kier alpha value is -1.39. The average molecular weight is 245 g/mol. The van der Waals surface area contributed by atoms with Crippen LogP contribution in [0.1, 0.15) is 18.7 Å². The number of likely N-dealkylation sites (N-methyl/N-ethyl adjacent to an activating group) is 1. The normalized spacial score (nSPS) is 19.4. The van der Waals surface area contributed by atoms with Crippen LogP contribution < -0.4 is 0 Å². The molecule has 0 aliphatic carbocycles. The van der Waals surface area contributed by atoms with E-state index in [0.29, 0.717) is 0 Å². The molecular weight excluding hydrogens is 226 g/mol. The van der Waals surface area contributed by atoms with E-state index in [-0.39, 0.29) is 6.10 Å². The highest BCUT2D eigenvalue weighted by Gasteiger charge is 2.25. The van der Waals surface area contributed by atoms with Crippen molar-refractivity contribution in [2.24, 2.45) is 0 Å². The summed E-state index contributed by atoms with van der Waals surface area (Å²) >= 11 is 0. The van der Waals surface area contributed by atoms with E-state index in [4.69, 9.17) is 4.74 Å². The van der Waals surface area contributed by atoms with Gasteiger partial charge in [0.2, 0.25) is 0 Å². The van der Waals surface area contributed by atoms with Gasteiger partial charge in [-0.05, 0) is 19.7 Å². The third-order valence-electron chi connectivity index (χ3n) is 3.63. The van der Waals surface area contributed by atoms with E-state index in [1.54, 1.807) is 0 Å². The van der Waals surface area contributed by atoms with Gasteiger partial charge in [0, 0.05) is 11.9 Å². The predicted octanol–water partition coefficient (Wildman–Crippen LogP) is 2.06. The first kappa shape index (κ1) is 11.7. The summed E-state index contributed by atoms with van der Waals surface area (Å²) in [5.41, 5.74) is 2.30. The highest BCUT2D eigenvalue weighted by Crippen LogP contribution is 2.29. The summed E-state index contributed by atoms with van der Waals surface area (Å²) in [5, 5.41) is 5.88. The lowest BCUT2D eigenvalue weighted by atomic mass is 10.1. The van der Waals surface area contributed by atoms with Gasteiger partial charge in [0.05, 0.1) is 24.4 Å². The monoisotopic (exact) mass is 245 g/mol. The molecule has 0 radical (unpaired) electrons. The summed E-state index contributed by atoms with van der Waals surface area (Å²) < 4.78 is 8.05. The van der Waals surface area contributed by atoms with E-state index in [9.17, 15) is 0 Å². The van der Waals surface area contributed by atoms with Gasteiger partial charge in [-0.1, -0.05) is 25.1 Å². The van der Waals surface area contributed by atoms with E-state index < -0.39 is 0 Å². The Labute approximate surface area is 107 Å². The molecule has 18 heavy (non-hydrogen) atoms. The quantitative estimate of drug-likeness (QED) is 0.829. The molecule has 0 N–H and O–H groups in total. The fourth-order valence-corrected chi connectivity index (χ4v) is 2.52. The van der Waals surface area contributed by atoms with Crippen molar-refractivity contribution >= 4 is 10.9 Å². The lowest BCUT2D eigenvalue weighted by molar-refractivity contribution is 0.000555. The topological polar surface area (TPSA) is 30.3 Å². The maximum Gasteiger partial charge on any atom is 0.112 e. The molecule has 2 aromatic rings. The molecule has 0 amide bonds. The molecule has 1 aliphatic heterocycles. The summed E-state index contributed by atoms with van der Waals surface area (Å²) in [5.74, 6) is 0. The maximum atomic E-state index is 5.94. The molecule has 0 spiro atoms. The van der Waals surface area contributed by atoms with Crippen LogP contribution in [0.5, 0.6) is 0 Å². The lowest BCUT2D eigenvalue weighted by Crippen LogP contribution is -2.31. The van der Waals surface area contributed by atoms with Gasteiger partial charge in [0.15, 0.2) is 0 Å². The molecular formula is C14H19N3O. The standard InChI is InChI=1S/C14H19N3O/c1-3-16(2)10-13-14-11-6-4-5-7-12(11)15-17(14)8-9-18-13/h4-7,13H,3,8-10H2,1-2H3/t13-/m0/s1. The fourth-order valence-electron chi connectivity index (χ4n) is 2.52. The van der Waals surface area contributed by atoms with Gasteiger partial charge >= 0.3 is 0 Å². The number of benzene rings is 1. The number of aromatic nitrogens is 2. The summed E-state index contributed by atoms with van der Waals surface area (Å²) in [4.78, 5) is 2.28. The smallest absolute Gasteiger partial charge is 0.112 e. The largest absolute Gasteiger partial charge is 0.369 e. The van der Waals surface area contributed by atoms with Gasteiger partial charge in [-0.3, -0.25) is 4.68 Å². The first-order chi connectivity index (χ1) is 8.79. The van der Waals surface area contributed by atoms with Crippen LogP contribution in [0.25, 0.3) is 10.9 Å². The average Bonchev–Trinajstić information content (AvgIpc) is 2.78. The highest BCUT2D eigenvalue weighted by atomic mass is 16.5. The minimum absolute atomic E-state index is 0.135. The van der Waals surface area contributed by atoms with E-state index in [0.717, 1.165) is 31.8 Å². The third-order valence-corrected chi connectivity index (χ3v) is 3.63. The van der Waals surface area contributed by atoms with Crippen LogP contribution in [0.4, 0.5) is 0 Å². The molecule has 1 atom stereocenters. The minimum Gasteiger partial charge on any atom is -0.369 e. The zero-order chi connectivity index (χ0) is 12.5. The fraction of sp³-hybridized carbons (Fsp3) is 0.500. The Morgan fingerprint density at radius 2 is 2.28 bits per heavy atom. The number of ether oxygens (including phenoxy) is 1. The molecule has 0 bridgehead atoms. The molecule has 4 nitrogen and oxygen atoms in total. The van der Waals surface area contributed by atoms with E-state index in [1.807, 2.05) is 6.07 Å². The summed E-state index contributed by atoms with van der Waals surface area (Å²) in [6, 6.07) is 8.32. The van der Waals surface area contributed by atoms with E-state index in [1.165, 1.54) is 11.1 Å². The first-order valence-corrected chi connectivity index (χ1v) is 6.55. The second-order valence-corrected chi connectivity index (χ2v) is 4.84. The number of hydrogen-bond donors (Lipinski definition) is 0. The molecule has 96 valence electrons. The molecule has 3 rings (SSSR count). The van der Waals surface area contributed by atoms with E-state index in [2.05, 4.69) is 46.9 Å². The van der Waals surface area contributed by atoms with Crippen LogP contribution >= 0.6 is 0 Å². The summed E-state index contributed by atoms with van der Waals surface area (Å²) in [7, 11) is 2.13. The molecule has 0 unspecified atom stereocenters. The van der Waals surface area contributed by atoms with Gasteiger partial charge in [-0.25, -0.2) is 0 Å². The van der Waals surface area contributed by atoms with Gasteiger partial charge in [0.1, 0.15) is 6.10 Å². The van der Waals surface area contributed by atoms with Crippen molar-refractivity contribution in [2.45, 2.75) is 19.6 Å². The van der Waals surface area contributed by atoms with Crippen LogP contribution in [0, 0.1) is 0 Å². The second-order valence-electron chi connectivity index (χ2n) is 4.84. The Morgan fingerprint density at radius 3 is 3.11 bits per heavy atom. The molecule has 0 saturated carbocycles. The third kappa shape index (κ3) is 1.91. The SMILES string of the molecule is CCN(C)C[C@@H]1OCCn2nc3ccccc3c21. The number of rotatable bonds is 3. The minimum atomic E-state index is 0.135. The van der Waals surface area contributed by atoms with Gasteiger partial charge < -0.3 is 9.64 Å². The Balaban J connectivity index is 2.03. The van der Waals surface area contributed by atoms with Gasteiger partial charge in [0.25, 0.3) is 0 Å². The molecule has 4 heteroatoms. The maximum absolute atomic E-state index is 5.94. The number of hydrogen-bond acceptors (Lipinski definition) is 3. The van der Waals surface area contributed by atoms with Crippen LogP contribution in [0.3, 0.4) is 0 Å². The van der Waals surface area contributed by atoms with Crippen LogP contribution in [-0.4, -0.2) is 41.4 Å². The van der Waals surface area contributed by atoms with Crippen molar-refractivity contribution in [1.29, 1.82) is 0 Å². The first-order valence-electron chi connectivity index (χ1n) is 6.55. The summed E-state index contributed by atoms with van der Waals surface area (Å²) in [6.07, 6.45) is 0.135.